The molecule has 0 heterocycles. The third-order valence-corrected chi connectivity index (χ3v) is 8.19. The molecule has 2 N–H and O–H groups in total. The number of carbonyl (C=O) groups excluding carboxylic acids is 1. The van der Waals surface area contributed by atoms with E-state index in [1.807, 2.05) is 91.4 Å². The molecule has 1 unspecified atom stereocenters. The number of carbonyl (C=O) groups is 1. The molecule has 2 aromatic rings. The standard InChI is InChI=1S/C20H27IN2O2S/c1-5-18(15-9-7-6-8-10-15)19(24)22-16-11-13-17(14-12-16)26(21,25)23-20(2,3)4/h6-14,18,26H,5H2,1-4H3,(H,22,24)(H,23,25). The Bertz CT molecular complexity index is 786. The van der Waals surface area contributed by atoms with E-state index >= 15 is 0 Å². The minimum absolute atomic E-state index is 0.0306. The Balaban J connectivity index is 2.11. The third kappa shape index (κ3) is 5.89. The minimum atomic E-state index is -2.69. The molecule has 26 heavy (non-hydrogen) atoms. The predicted octanol–water partition coefficient (Wildman–Crippen LogP) is 4.85. The van der Waals surface area contributed by atoms with Gasteiger partial charge in [0.05, 0.1) is 5.92 Å². The van der Waals surface area contributed by atoms with Crippen molar-refractivity contribution in [1.82, 2.24) is 4.72 Å². The zero-order valence-corrected chi connectivity index (χ0v) is 18.7. The van der Waals surface area contributed by atoms with Gasteiger partial charge in [0.25, 0.3) is 0 Å². The molecule has 0 radical (unpaired) electrons. The Morgan fingerprint density at radius 1 is 1.08 bits per heavy atom. The second-order valence-corrected chi connectivity index (χ2v) is 13.2. The van der Waals surface area contributed by atoms with Crippen molar-refractivity contribution in [2.45, 2.75) is 50.5 Å². The van der Waals surface area contributed by atoms with Crippen molar-refractivity contribution >= 4 is 40.1 Å². The van der Waals surface area contributed by atoms with E-state index < -0.39 is 7.29 Å². The van der Waals surface area contributed by atoms with Crippen LogP contribution in [0.15, 0.2) is 59.5 Å². The summed E-state index contributed by atoms with van der Waals surface area (Å²) in [5.41, 5.74) is 1.48. The van der Waals surface area contributed by atoms with Crippen molar-refractivity contribution in [2.75, 3.05) is 5.32 Å². The molecule has 1 atom stereocenters. The number of halogens is 1. The highest BCUT2D eigenvalue weighted by Crippen LogP contribution is 2.28. The van der Waals surface area contributed by atoms with Crippen LogP contribution in [0.5, 0.6) is 0 Å². The normalized spacial score (nSPS) is 13.9. The molecule has 0 aliphatic heterocycles. The van der Waals surface area contributed by atoms with E-state index in [9.17, 15) is 9.00 Å². The van der Waals surface area contributed by atoms with Crippen molar-refractivity contribution < 1.29 is 9.00 Å². The summed E-state index contributed by atoms with van der Waals surface area (Å²) in [6.45, 7) is 7.97. The third-order valence-electron chi connectivity index (χ3n) is 3.87. The summed E-state index contributed by atoms with van der Waals surface area (Å²) < 4.78 is 16.1. The van der Waals surface area contributed by atoms with Gasteiger partial charge in [-0.1, -0.05) is 37.3 Å². The van der Waals surface area contributed by atoms with Crippen LogP contribution in [0.1, 0.15) is 45.6 Å². The van der Waals surface area contributed by atoms with E-state index in [1.165, 1.54) is 0 Å². The van der Waals surface area contributed by atoms with Gasteiger partial charge in [0.2, 0.25) is 5.91 Å². The molecule has 0 aliphatic carbocycles. The first kappa shape index (κ1) is 21.1. The molecule has 2 aromatic carbocycles. The van der Waals surface area contributed by atoms with Crippen LogP contribution in [0.25, 0.3) is 0 Å². The van der Waals surface area contributed by atoms with Crippen LogP contribution >= 0.6 is 21.2 Å². The average Bonchev–Trinajstić information content (AvgIpc) is 2.55. The summed E-state index contributed by atoms with van der Waals surface area (Å²) in [5, 5.41) is 2.97. The average molecular weight is 486 g/mol. The fourth-order valence-electron chi connectivity index (χ4n) is 2.72. The van der Waals surface area contributed by atoms with Gasteiger partial charge in [0.1, 0.15) is 0 Å². The molecular weight excluding hydrogens is 459 g/mol. The van der Waals surface area contributed by atoms with Crippen LogP contribution < -0.4 is 10.0 Å². The van der Waals surface area contributed by atoms with E-state index in [2.05, 4.69) is 10.0 Å². The van der Waals surface area contributed by atoms with Gasteiger partial charge in [-0.25, -0.2) is 4.72 Å². The molecule has 0 aliphatic rings. The molecule has 2 rings (SSSR count). The van der Waals surface area contributed by atoms with Crippen molar-refractivity contribution in [3.8, 4) is 0 Å². The van der Waals surface area contributed by atoms with Crippen molar-refractivity contribution in [2.24, 2.45) is 0 Å². The summed E-state index contributed by atoms with van der Waals surface area (Å²) >= 11 is 1.99. The van der Waals surface area contributed by atoms with E-state index in [1.54, 1.807) is 12.1 Å². The number of nitrogens with one attached hydrogen (secondary N) is 2. The number of thiol groups is 1. The molecule has 1 amide bonds. The number of hydrogen-bond donors (Lipinski definition) is 3. The van der Waals surface area contributed by atoms with Gasteiger partial charge in [0, 0.05) is 44.6 Å². The maximum absolute atomic E-state index is 12.9. The van der Waals surface area contributed by atoms with E-state index in [-0.39, 0.29) is 17.4 Å². The van der Waals surface area contributed by atoms with Gasteiger partial charge in [0.15, 0.2) is 0 Å². The Hall–Kier alpha value is -1.25. The second kappa shape index (κ2) is 8.63. The Morgan fingerprint density at radius 3 is 2.15 bits per heavy atom. The Labute approximate surface area is 169 Å². The van der Waals surface area contributed by atoms with Crippen molar-refractivity contribution in [3.05, 3.63) is 60.2 Å². The molecule has 4 nitrogen and oxygen atoms in total. The van der Waals surface area contributed by atoms with Gasteiger partial charge in [-0.05, 0) is 57.0 Å². The van der Waals surface area contributed by atoms with E-state index in [0.717, 1.165) is 16.9 Å². The quantitative estimate of drug-likeness (QED) is 0.311. The van der Waals surface area contributed by atoms with E-state index in [0.29, 0.717) is 5.69 Å². The van der Waals surface area contributed by atoms with E-state index in [4.69, 9.17) is 0 Å². The van der Waals surface area contributed by atoms with Crippen LogP contribution in [-0.2, 0) is 12.1 Å². The predicted molar refractivity (Wildman–Crippen MR) is 119 cm³/mol. The van der Waals surface area contributed by atoms with Crippen LogP contribution in [-0.4, -0.2) is 15.7 Å². The summed E-state index contributed by atoms with van der Waals surface area (Å²) in [5.74, 6) is -0.217. The lowest BCUT2D eigenvalue weighted by molar-refractivity contribution is -0.117. The van der Waals surface area contributed by atoms with Gasteiger partial charge < -0.3 is 5.32 Å². The number of amides is 1. The molecule has 6 heteroatoms. The first-order valence-electron chi connectivity index (χ1n) is 8.68. The number of benzene rings is 2. The summed E-state index contributed by atoms with van der Waals surface area (Å²) in [6, 6.07) is 17.0. The van der Waals surface area contributed by atoms with Gasteiger partial charge in [-0.3, -0.25) is 9.00 Å². The lowest BCUT2D eigenvalue weighted by atomic mass is 9.95. The maximum atomic E-state index is 12.9. The van der Waals surface area contributed by atoms with Crippen LogP contribution in [0.4, 0.5) is 5.69 Å². The molecule has 0 spiro atoms. The van der Waals surface area contributed by atoms with Crippen molar-refractivity contribution in [3.63, 3.8) is 0 Å². The first-order valence-corrected chi connectivity index (χ1v) is 13.2. The number of hydrogen-bond acceptors (Lipinski definition) is 2. The largest absolute Gasteiger partial charge is 0.326 e. The van der Waals surface area contributed by atoms with Crippen LogP contribution in [0.3, 0.4) is 0 Å². The summed E-state index contributed by atoms with van der Waals surface area (Å²) in [6.07, 6.45) is 0.729. The minimum Gasteiger partial charge on any atom is -0.326 e. The second-order valence-electron chi connectivity index (χ2n) is 7.30. The Kier molecular flexibility index (Phi) is 6.99. The smallest absolute Gasteiger partial charge is 0.231 e. The van der Waals surface area contributed by atoms with Crippen LogP contribution in [0.2, 0.25) is 0 Å². The molecule has 142 valence electrons. The molecular formula is C20H27IN2O2S. The highest BCUT2D eigenvalue weighted by molar-refractivity contribution is 14.2. The lowest BCUT2D eigenvalue weighted by Gasteiger charge is -2.29. The fourth-order valence-corrected chi connectivity index (χ4v) is 7.38. The van der Waals surface area contributed by atoms with Gasteiger partial charge >= 0.3 is 0 Å². The number of anilines is 1. The molecule has 0 saturated carbocycles. The number of rotatable bonds is 6. The van der Waals surface area contributed by atoms with Crippen LogP contribution in [0, 0.1) is 0 Å². The monoisotopic (exact) mass is 486 g/mol. The fraction of sp³-hybridized carbons (Fsp3) is 0.350. The zero-order valence-electron chi connectivity index (χ0n) is 15.6. The SMILES string of the molecule is CCC(C(=O)Nc1ccc([SH](=O)(I)NC(C)(C)C)cc1)c1ccccc1. The van der Waals surface area contributed by atoms with Gasteiger partial charge in [-0.2, -0.15) is 0 Å². The summed E-state index contributed by atoms with van der Waals surface area (Å²) in [4.78, 5) is 13.4. The highest BCUT2D eigenvalue weighted by Gasteiger charge is 2.22. The molecule has 0 aromatic heterocycles. The topological polar surface area (TPSA) is 58.2 Å². The van der Waals surface area contributed by atoms with Crippen molar-refractivity contribution in [1.29, 1.82) is 0 Å². The maximum Gasteiger partial charge on any atom is 0.231 e. The zero-order chi connectivity index (χ0) is 19.4. The highest BCUT2D eigenvalue weighted by atomic mass is 127. The Morgan fingerprint density at radius 2 is 1.65 bits per heavy atom. The summed E-state index contributed by atoms with van der Waals surface area (Å²) in [7, 11) is -2.69. The molecule has 0 bridgehead atoms. The molecule has 0 fully saturated rings. The lowest BCUT2D eigenvalue weighted by Crippen LogP contribution is -2.41. The molecule has 0 saturated heterocycles. The van der Waals surface area contributed by atoms with Gasteiger partial charge in [-0.15, -0.1) is 0 Å². The first-order chi connectivity index (χ1) is 12.1.